The lowest BCUT2D eigenvalue weighted by Gasteiger charge is -2.12. The van der Waals surface area contributed by atoms with E-state index in [0.717, 1.165) is 10.8 Å². The quantitative estimate of drug-likeness (QED) is 0.457. The fourth-order valence-electron chi connectivity index (χ4n) is 3.16. The van der Waals surface area contributed by atoms with Crippen molar-refractivity contribution in [3.05, 3.63) is 83.1 Å². The zero-order valence-corrected chi connectivity index (χ0v) is 16.4. The molecule has 2 N–H and O–H groups in total. The molecule has 4 aromatic rings. The summed E-state index contributed by atoms with van der Waals surface area (Å²) < 4.78 is 10.9. The van der Waals surface area contributed by atoms with Gasteiger partial charge >= 0.3 is 0 Å². The monoisotopic (exact) mass is 407 g/mol. The molecule has 29 heavy (non-hydrogen) atoms. The summed E-state index contributed by atoms with van der Waals surface area (Å²) in [5, 5.41) is 14.4. The molecule has 3 aromatic carbocycles. The molecule has 0 saturated carbocycles. The third-order valence-corrected chi connectivity index (χ3v) is 4.94. The molecule has 5 nitrogen and oxygen atoms in total. The number of carbonyl (C=O) groups excluding carboxylic acids is 1. The van der Waals surface area contributed by atoms with Crippen LogP contribution in [0.1, 0.15) is 16.1 Å². The molecule has 4 rings (SSSR count). The molecule has 0 bridgehead atoms. The molecule has 0 radical (unpaired) electrons. The number of furan rings is 1. The average Bonchev–Trinajstić information content (AvgIpc) is 3.21. The third kappa shape index (κ3) is 3.83. The summed E-state index contributed by atoms with van der Waals surface area (Å²) in [6.07, 6.45) is 0. The number of hydrogen-bond donors (Lipinski definition) is 2. The van der Waals surface area contributed by atoms with Crippen molar-refractivity contribution in [3.8, 4) is 17.1 Å². The number of amides is 1. The Morgan fingerprint density at radius 3 is 2.48 bits per heavy atom. The number of aliphatic hydroxyl groups is 1. The van der Waals surface area contributed by atoms with Crippen LogP contribution in [0.5, 0.6) is 5.75 Å². The fourth-order valence-corrected chi connectivity index (χ4v) is 3.44. The summed E-state index contributed by atoms with van der Waals surface area (Å²) in [4.78, 5) is 12.9. The van der Waals surface area contributed by atoms with Gasteiger partial charge in [0, 0.05) is 11.3 Å². The van der Waals surface area contributed by atoms with E-state index in [4.69, 9.17) is 25.9 Å². The predicted molar refractivity (Wildman–Crippen MR) is 114 cm³/mol. The maximum absolute atomic E-state index is 12.9. The number of benzene rings is 3. The largest absolute Gasteiger partial charge is 0.496 e. The number of anilines is 1. The Labute approximate surface area is 172 Å². The highest BCUT2D eigenvalue weighted by Gasteiger charge is 2.15. The van der Waals surface area contributed by atoms with Gasteiger partial charge < -0.3 is 19.6 Å². The van der Waals surface area contributed by atoms with Crippen LogP contribution >= 0.6 is 11.6 Å². The van der Waals surface area contributed by atoms with Crippen molar-refractivity contribution in [2.45, 2.75) is 6.61 Å². The zero-order valence-electron chi connectivity index (χ0n) is 15.6. The van der Waals surface area contributed by atoms with Gasteiger partial charge in [-0.1, -0.05) is 35.9 Å². The minimum Gasteiger partial charge on any atom is -0.496 e. The van der Waals surface area contributed by atoms with E-state index in [9.17, 15) is 4.79 Å². The van der Waals surface area contributed by atoms with Gasteiger partial charge in [-0.05, 0) is 53.2 Å². The lowest BCUT2D eigenvalue weighted by Crippen LogP contribution is -2.13. The zero-order chi connectivity index (χ0) is 20.4. The minimum absolute atomic E-state index is 0.181. The molecular formula is C23H18ClNO4. The van der Waals surface area contributed by atoms with E-state index >= 15 is 0 Å². The summed E-state index contributed by atoms with van der Waals surface area (Å²) in [5.41, 5.74) is 1.66. The Hall–Kier alpha value is -3.28. The molecule has 0 aliphatic carbocycles. The molecule has 0 fully saturated rings. The molecule has 0 atom stereocenters. The maximum Gasteiger partial charge on any atom is 0.259 e. The Bertz CT molecular complexity index is 1200. The molecule has 0 aliphatic rings. The number of ether oxygens (including phenoxy) is 1. The van der Waals surface area contributed by atoms with E-state index < -0.39 is 0 Å². The normalized spacial score (nSPS) is 10.9. The van der Waals surface area contributed by atoms with Gasteiger partial charge in [-0.3, -0.25) is 4.79 Å². The number of rotatable bonds is 5. The van der Waals surface area contributed by atoms with E-state index in [2.05, 4.69) is 5.32 Å². The molecule has 0 unspecified atom stereocenters. The maximum atomic E-state index is 12.9. The fraction of sp³-hybridized carbons (Fsp3) is 0.0870. The van der Waals surface area contributed by atoms with Crippen molar-refractivity contribution in [1.82, 2.24) is 0 Å². The first-order chi connectivity index (χ1) is 14.1. The van der Waals surface area contributed by atoms with Crippen LogP contribution in [0.4, 0.5) is 5.69 Å². The first kappa shape index (κ1) is 19.1. The van der Waals surface area contributed by atoms with Crippen LogP contribution in [0.25, 0.3) is 22.1 Å². The number of carbonyl (C=O) groups is 1. The number of aliphatic hydroxyl groups excluding tert-OH is 1. The molecular weight excluding hydrogens is 390 g/mol. The standard InChI is InChI=1S/C23H18ClNO4/c1-28-22-11-15-5-3-2-4-14(15)10-19(22)23(27)25-16-6-8-18(20(24)12-16)21-9-7-17(13-26)29-21/h2-12,26H,13H2,1H3,(H,25,27). The molecule has 146 valence electrons. The van der Waals surface area contributed by atoms with Gasteiger partial charge in [0.1, 0.15) is 23.9 Å². The Balaban J connectivity index is 1.61. The van der Waals surface area contributed by atoms with Crippen LogP contribution < -0.4 is 10.1 Å². The van der Waals surface area contributed by atoms with Gasteiger partial charge in [0.05, 0.1) is 17.7 Å². The lowest BCUT2D eigenvalue weighted by molar-refractivity contribution is 0.102. The van der Waals surface area contributed by atoms with Crippen LogP contribution in [0.2, 0.25) is 5.02 Å². The number of halogens is 1. The van der Waals surface area contributed by atoms with Gasteiger partial charge in [0.25, 0.3) is 5.91 Å². The molecule has 1 aromatic heterocycles. The highest BCUT2D eigenvalue weighted by Crippen LogP contribution is 2.32. The highest BCUT2D eigenvalue weighted by molar-refractivity contribution is 6.33. The van der Waals surface area contributed by atoms with Crippen molar-refractivity contribution in [1.29, 1.82) is 0 Å². The molecule has 0 saturated heterocycles. The molecule has 0 spiro atoms. The first-order valence-corrected chi connectivity index (χ1v) is 9.34. The van der Waals surface area contributed by atoms with Gasteiger partial charge in [0.15, 0.2) is 0 Å². The summed E-state index contributed by atoms with van der Waals surface area (Å²) in [5.74, 6) is 1.21. The lowest BCUT2D eigenvalue weighted by atomic mass is 10.0. The van der Waals surface area contributed by atoms with Crippen molar-refractivity contribution in [2.24, 2.45) is 0 Å². The SMILES string of the molecule is COc1cc2ccccc2cc1C(=O)Nc1ccc(-c2ccc(CO)o2)c(Cl)c1. The van der Waals surface area contributed by atoms with Crippen LogP contribution in [-0.2, 0) is 6.61 Å². The third-order valence-electron chi connectivity index (χ3n) is 4.62. The van der Waals surface area contributed by atoms with Gasteiger partial charge in [-0.15, -0.1) is 0 Å². The van der Waals surface area contributed by atoms with Crippen LogP contribution in [0, 0.1) is 0 Å². The summed E-state index contributed by atoms with van der Waals surface area (Å²) in [6.45, 7) is -0.181. The van der Waals surface area contributed by atoms with Gasteiger partial charge in [-0.2, -0.15) is 0 Å². The molecule has 6 heteroatoms. The Morgan fingerprint density at radius 2 is 1.83 bits per heavy atom. The van der Waals surface area contributed by atoms with E-state index in [-0.39, 0.29) is 12.5 Å². The van der Waals surface area contributed by atoms with Crippen molar-refractivity contribution in [3.63, 3.8) is 0 Å². The minimum atomic E-state index is -0.294. The van der Waals surface area contributed by atoms with Crippen LogP contribution in [0.15, 0.2) is 71.1 Å². The van der Waals surface area contributed by atoms with Crippen LogP contribution in [0.3, 0.4) is 0 Å². The van der Waals surface area contributed by atoms with Crippen molar-refractivity contribution in [2.75, 3.05) is 12.4 Å². The van der Waals surface area contributed by atoms with Gasteiger partial charge in [0.2, 0.25) is 0 Å². The Morgan fingerprint density at radius 1 is 1.07 bits per heavy atom. The topological polar surface area (TPSA) is 71.7 Å². The first-order valence-electron chi connectivity index (χ1n) is 8.96. The van der Waals surface area contributed by atoms with E-state index in [1.807, 2.05) is 30.3 Å². The number of methoxy groups -OCH3 is 1. The van der Waals surface area contributed by atoms with E-state index in [1.165, 1.54) is 7.11 Å². The second-order valence-electron chi connectivity index (χ2n) is 6.47. The van der Waals surface area contributed by atoms with Crippen molar-refractivity contribution < 1.29 is 19.1 Å². The van der Waals surface area contributed by atoms with Crippen LogP contribution in [-0.4, -0.2) is 18.1 Å². The summed E-state index contributed by atoms with van der Waals surface area (Å²) in [6, 6.07) is 20.0. The van der Waals surface area contributed by atoms with E-state index in [1.54, 1.807) is 36.4 Å². The highest BCUT2D eigenvalue weighted by atomic mass is 35.5. The summed E-state index contributed by atoms with van der Waals surface area (Å²) in [7, 11) is 1.54. The number of fused-ring (bicyclic) bond motifs is 1. The second kappa shape index (κ2) is 7.99. The summed E-state index contributed by atoms with van der Waals surface area (Å²) >= 11 is 6.38. The van der Waals surface area contributed by atoms with E-state index in [0.29, 0.717) is 39.1 Å². The smallest absolute Gasteiger partial charge is 0.259 e. The number of hydrogen-bond acceptors (Lipinski definition) is 4. The average molecular weight is 408 g/mol. The molecule has 0 aliphatic heterocycles. The van der Waals surface area contributed by atoms with Gasteiger partial charge in [-0.25, -0.2) is 0 Å². The second-order valence-corrected chi connectivity index (χ2v) is 6.88. The predicted octanol–water partition coefficient (Wildman–Crippen LogP) is 5.51. The van der Waals surface area contributed by atoms with Crippen molar-refractivity contribution >= 4 is 34.0 Å². The molecule has 1 amide bonds. The number of nitrogens with one attached hydrogen (secondary N) is 1. The Kier molecular flexibility index (Phi) is 5.25. The molecule has 1 heterocycles.